The second-order valence-electron chi connectivity index (χ2n) is 4.65. The highest BCUT2D eigenvalue weighted by Crippen LogP contribution is 2.15. The van der Waals surface area contributed by atoms with Gasteiger partial charge in [0.15, 0.2) is 0 Å². The van der Waals surface area contributed by atoms with Crippen LogP contribution in [0.5, 0.6) is 0 Å². The van der Waals surface area contributed by atoms with Crippen molar-refractivity contribution in [1.29, 1.82) is 0 Å². The fourth-order valence-electron chi connectivity index (χ4n) is 2.32. The van der Waals surface area contributed by atoms with Gasteiger partial charge in [0, 0.05) is 26.2 Å². The molecule has 0 aromatic carbocycles. The first-order valence-electron chi connectivity index (χ1n) is 6.30. The van der Waals surface area contributed by atoms with Gasteiger partial charge < -0.3 is 15.4 Å². The molecule has 2 unspecified atom stereocenters. The minimum Gasteiger partial charge on any atom is -0.377 e. The Morgan fingerprint density at radius 2 is 2.33 bits per heavy atom. The Bertz CT molecular complexity index is 164. The van der Waals surface area contributed by atoms with Gasteiger partial charge in [-0.25, -0.2) is 0 Å². The number of rotatable bonds is 6. The summed E-state index contributed by atoms with van der Waals surface area (Å²) in [6.45, 7) is 9.46. The van der Waals surface area contributed by atoms with E-state index in [9.17, 15) is 0 Å². The van der Waals surface area contributed by atoms with Gasteiger partial charge in [-0.3, -0.25) is 0 Å². The third kappa shape index (κ3) is 4.96. The maximum atomic E-state index is 5.66. The molecular weight excluding hydrogens is 188 g/mol. The zero-order chi connectivity index (χ0) is 11.1. The molecule has 0 radical (unpaired) electrons. The minimum absolute atomic E-state index is 0.257. The van der Waals surface area contributed by atoms with Gasteiger partial charge >= 0.3 is 0 Å². The van der Waals surface area contributed by atoms with Crippen LogP contribution in [-0.4, -0.2) is 43.8 Å². The van der Waals surface area contributed by atoms with Crippen LogP contribution in [0.15, 0.2) is 0 Å². The number of ether oxygens (including phenoxy) is 1. The van der Waals surface area contributed by atoms with Crippen LogP contribution >= 0.6 is 0 Å². The van der Waals surface area contributed by atoms with E-state index in [1.165, 1.54) is 25.9 Å². The molecule has 3 nitrogen and oxygen atoms in total. The van der Waals surface area contributed by atoms with Crippen molar-refractivity contribution in [2.75, 3.05) is 32.8 Å². The van der Waals surface area contributed by atoms with E-state index in [1.807, 2.05) is 6.92 Å². The summed E-state index contributed by atoms with van der Waals surface area (Å²) in [4.78, 5) is 2.55. The number of hydrogen-bond donors (Lipinski definition) is 1. The van der Waals surface area contributed by atoms with E-state index in [2.05, 4.69) is 11.8 Å². The lowest BCUT2D eigenvalue weighted by molar-refractivity contribution is 0.0501. The molecule has 0 aliphatic carbocycles. The van der Waals surface area contributed by atoms with Gasteiger partial charge in [-0.15, -0.1) is 0 Å². The minimum atomic E-state index is 0.257. The predicted octanol–water partition coefficient (Wildman–Crippen LogP) is 1.47. The van der Waals surface area contributed by atoms with Crippen LogP contribution in [0.25, 0.3) is 0 Å². The summed E-state index contributed by atoms with van der Waals surface area (Å²) < 4.78 is 5.56. The smallest absolute Gasteiger partial charge is 0.0709 e. The van der Waals surface area contributed by atoms with Crippen LogP contribution in [0.4, 0.5) is 0 Å². The average Bonchev–Trinajstić information content (AvgIpc) is 2.24. The van der Waals surface area contributed by atoms with Crippen molar-refractivity contribution < 1.29 is 4.74 Å². The highest BCUT2D eigenvalue weighted by Gasteiger charge is 2.17. The van der Waals surface area contributed by atoms with E-state index in [1.54, 1.807) is 0 Å². The summed E-state index contributed by atoms with van der Waals surface area (Å²) in [5.41, 5.74) is 5.66. The number of piperidine rings is 1. The summed E-state index contributed by atoms with van der Waals surface area (Å²) in [5.74, 6) is 0.863. The molecule has 3 heteroatoms. The van der Waals surface area contributed by atoms with Crippen LogP contribution < -0.4 is 5.73 Å². The molecule has 1 heterocycles. The topological polar surface area (TPSA) is 38.5 Å². The maximum Gasteiger partial charge on any atom is 0.0709 e. The van der Waals surface area contributed by atoms with Crippen LogP contribution in [0.1, 0.15) is 33.1 Å². The lowest BCUT2D eigenvalue weighted by Crippen LogP contribution is -2.37. The average molecular weight is 214 g/mol. The largest absolute Gasteiger partial charge is 0.377 e. The molecule has 0 aromatic rings. The summed E-state index contributed by atoms with van der Waals surface area (Å²) in [7, 11) is 0. The third-order valence-electron chi connectivity index (χ3n) is 3.17. The molecule has 1 rings (SSSR count). The Kier molecular flexibility index (Phi) is 6.22. The van der Waals surface area contributed by atoms with Crippen molar-refractivity contribution in [2.45, 2.75) is 39.2 Å². The number of hydrogen-bond acceptors (Lipinski definition) is 3. The van der Waals surface area contributed by atoms with Crippen LogP contribution in [-0.2, 0) is 4.74 Å². The number of nitrogens with zero attached hydrogens (tertiary/aromatic N) is 1. The van der Waals surface area contributed by atoms with E-state index >= 15 is 0 Å². The summed E-state index contributed by atoms with van der Waals surface area (Å²) in [6.07, 6.45) is 4.08. The molecule has 0 bridgehead atoms. The van der Waals surface area contributed by atoms with Crippen molar-refractivity contribution in [3.63, 3.8) is 0 Å². The zero-order valence-corrected chi connectivity index (χ0v) is 10.2. The van der Waals surface area contributed by atoms with Crippen molar-refractivity contribution >= 4 is 0 Å². The maximum absolute atomic E-state index is 5.66. The third-order valence-corrected chi connectivity index (χ3v) is 3.17. The monoisotopic (exact) mass is 214 g/mol. The molecule has 1 aliphatic heterocycles. The molecule has 0 amide bonds. The standard InChI is InChI=1S/C12H26N2O/c1-3-15-12(9-13)6-8-14-7-4-5-11(2)10-14/h11-12H,3-10,13H2,1-2H3. The first kappa shape index (κ1) is 12.9. The summed E-state index contributed by atoms with van der Waals surface area (Å²) in [5, 5.41) is 0. The first-order valence-corrected chi connectivity index (χ1v) is 6.30. The summed E-state index contributed by atoms with van der Waals surface area (Å²) >= 11 is 0. The van der Waals surface area contributed by atoms with E-state index in [-0.39, 0.29) is 6.10 Å². The van der Waals surface area contributed by atoms with Crippen LogP contribution in [0, 0.1) is 5.92 Å². The van der Waals surface area contributed by atoms with E-state index < -0.39 is 0 Å². The van der Waals surface area contributed by atoms with Crippen LogP contribution in [0.3, 0.4) is 0 Å². The van der Waals surface area contributed by atoms with Crippen molar-refractivity contribution in [2.24, 2.45) is 11.7 Å². The highest BCUT2D eigenvalue weighted by molar-refractivity contribution is 4.71. The fraction of sp³-hybridized carbons (Fsp3) is 1.00. The van der Waals surface area contributed by atoms with Gasteiger partial charge in [0.1, 0.15) is 0 Å². The lowest BCUT2D eigenvalue weighted by Gasteiger charge is -2.31. The molecular formula is C12H26N2O. The van der Waals surface area contributed by atoms with E-state index in [4.69, 9.17) is 10.5 Å². The second kappa shape index (κ2) is 7.20. The Labute approximate surface area is 94.0 Å². The van der Waals surface area contributed by atoms with Gasteiger partial charge in [0.05, 0.1) is 6.10 Å². The van der Waals surface area contributed by atoms with Gasteiger partial charge in [0.25, 0.3) is 0 Å². The quantitative estimate of drug-likeness (QED) is 0.728. The Morgan fingerprint density at radius 1 is 1.53 bits per heavy atom. The van der Waals surface area contributed by atoms with Crippen molar-refractivity contribution in [3.05, 3.63) is 0 Å². The van der Waals surface area contributed by atoms with Crippen molar-refractivity contribution in [3.8, 4) is 0 Å². The molecule has 90 valence electrons. The van der Waals surface area contributed by atoms with Crippen molar-refractivity contribution in [1.82, 2.24) is 4.90 Å². The normalized spacial score (nSPS) is 25.4. The molecule has 1 saturated heterocycles. The Hall–Kier alpha value is -0.120. The molecule has 2 N–H and O–H groups in total. The van der Waals surface area contributed by atoms with E-state index in [0.717, 1.165) is 25.5 Å². The molecule has 1 fully saturated rings. The number of likely N-dealkylation sites (tertiary alicyclic amines) is 1. The molecule has 0 saturated carbocycles. The molecule has 0 spiro atoms. The fourth-order valence-corrected chi connectivity index (χ4v) is 2.32. The van der Waals surface area contributed by atoms with Gasteiger partial charge in [-0.2, -0.15) is 0 Å². The lowest BCUT2D eigenvalue weighted by atomic mass is 10.00. The van der Waals surface area contributed by atoms with Gasteiger partial charge in [-0.05, 0) is 38.6 Å². The molecule has 0 aromatic heterocycles. The molecule has 2 atom stereocenters. The first-order chi connectivity index (χ1) is 7.26. The second-order valence-corrected chi connectivity index (χ2v) is 4.65. The Morgan fingerprint density at radius 3 is 2.93 bits per heavy atom. The van der Waals surface area contributed by atoms with Crippen LogP contribution in [0.2, 0.25) is 0 Å². The zero-order valence-electron chi connectivity index (χ0n) is 10.2. The predicted molar refractivity (Wildman–Crippen MR) is 63.9 cm³/mol. The van der Waals surface area contributed by atoms with Gasteiger partial charge in [0.2, 0.25) is 0 Å². The van der Waals surface area contributed by atoms with Gasteiger partial charge in [-0.1, -0.05) is 6.92 Å². The SMILES string of the molecule is CCOC(CN)CCN1CCCC(C)C1. The Balaban J connectivity index is 2.16. The summed E-state index contributed by atoms with van der Waals surface area (Å²) in [6, 6.07) is 0. The highest BCUT2D eigenvalue weighted by atomic mass is 16.5. The molecule has 1 aliphatic rings. The number of nitrogens with two attached hydrogens (primary N) is 1. The molecule has 15 heavy (non-hydrogen) atoms. The van der Waals surface area contributed by atoms with E-state index in [0.29, 0.717) is 6.54 Å².